The molecule has 0 saturated heterocycles. The minimum Gasteiger partial charge on any atom is -0.392 e. The molecule has 0 aliphatic heterocycles. The van der Waals surface area contributed by atoms with Crippen molar-refractivity contribution >= 4 is 5.69 Å². The first-order chi connectivity index (χ1) is 8.90. The maximum Gasteiger partial charge on any atom is 0.0636 e. The Hall–Kier alpha value is -1.02. The molecule has 1 aliphatic rings. The highest BCUT2D eigenvalue weighted by Crippen LogP contribution is 2.39. The van der Waals surface area contributed by atoms with Crippen molar-refractivity contribution in [2.45, 2.75) is 46.1 Å². The van der Waals surface area contributed by atoms with Crippen LogP contribution in [0.25, 0.3) is 0 Å². The molecule has 2 heteroatoms. The van der Waals surface area contributed by atoms with Crippen molar-refractivity contribution in [1.82, 2.24) is 0 Å². The minimum atomic E-state index is -0.186. The summed E-state index contributed by atoms with van der Waals surface area (Å²) in [4.78, 5) is 2.27. The number of hydrogen-bond acceptors (Lipinski definition) is 2. The largest absolute Gasteiger partial charge is 0.392 e. The summed E-state index contributed by atoms with van der Waals surface area (Å²) in [5.41, 5.74) is 2.59. The van der Waals surface area contributed by atoms with Gasteiger partial charge in [-0.15, -0.1) is 0 Å². The van der Waals surface area contributed by atoms with E-state index in [-0.39, 0.29) is 11.5 Å². The van der Waals surface area contributed by atoms with Crippen molar-refractivity contribution < 1.29 is 5.11 Å². The van der Waals surface area contributed by atoms with Gasteiger partial charge in [-0.2, -0.15) is 0 Å². The number of aliphatic hydroxyl groups is 1. The molecule has 1 saturated carbocycles. The van der Waals surface area contributed by atoms with E-state index in [2.05, 4.69) is 57.0 Å². The average molecular weight is 261 g/mol. The second-order valence-electron chi connectivity index (χ2n) is 6.80. The second-order valence-corrected chi connectivity index (χ2v) is 6.80. The first-order valence-corrected chi connectivity index (χ1v) is 7.36. The Kier molecular flexibility index (Phi) is 4.19. The molecule has 0 radical (unpaired) electrons. The number of anilines is 1. The van der Waals surface area contributed by atoms with Gasteiger partial charge in [-0.05, 0) is 37.3 Å². The van der Waals surface area contributed by atoms with E-state index in [9.17, 15) is 5.11 Å². The maximum atomic E-state index is 10.5. The van der Waals surface area contributed by atoms with Crippen LogP contribution in [0.1, 0.15) is 38.7 Å². The quantitative estimate of drug-likeness (QED) is 0.898. The highest BCUT2D eigenvalue weighted by molar-refractivity contribution is 5.46. The summed E-state index contributed by atoms with van der Waals surface area (Å²) in [6.07, 6.45) is 3.32. The lowest BCUT2D eigenvalue weighted by molar-refractivity contribution is -0.0290. The molecule has 0 spiro atoms. The third kappa shape index (κ3) is 3.30. The molecule has 1 N–H and O–H groups in total. The van der Waals surface area contributed by atoms with E-state index < -0.39 is 0 Å². The van der Waals surface area contributed by atoms with E-state index in [1.54, 1.807) is 0 Å². The summed E-state index contributed by atoms with van der Waals surface area (Å²) >= 11 is 0. The lowest BCUT2D eigenvalue weighted by atomic mass is 9.69. The van der Waals surface area contributed by atoms with E-state index in [1.165, 1.54) is 17.7 Å². The highest BCUT2D eigenvalue weighted by Gasteiger charge is 2.37. The van der Waals surface area contributed by atoms with Crippen LogP contribution in [-0.4, -0.2) is 24.8 Å². The normalized spacial score (nSPS) is 26.2. The molecular weight excluding hydrogens is 234 g/mol. The molecule has 0 heterocycles. The van der Waals surface area contributed by atoms with Gasteiger partial charge in [0.1, 0.15) is 0 Å². The van der Waals surface area contributed by atoms with Gasteiger partial charge in [0.05, 0.1) is 6.10 Å². The van der Waals surface area contributed by atoms with Crippen LogP contribution in [0.15, 0.2) is 24.3 Å². The predicted molar refractivity (Wildman–Crippen MR) is 81.6 cm³/mol. The van der Waals surface area contributed by atoms with E-state index in [4.69, 9.17) is 0 Å². The van der Waals surface area contributed by atoms with Crippen LogP contribution in [0.3, 0.4) is 0 Å². The molecule has 106 valence electrons. The zero-order valence-corrected chi connectivity index (χ0v) is 12.7. The van der Waals surface area contributed by atoms with Crippen molar-refractivity contribution in [3.63, 3.8) is 0 Å². The lowest BCUT2D eigenvalue weighted by Crippen LogP contribution is -2.44. The van der Waals surface area contributed by atoms with Gasteiger partial charge in [0.15, 0.2) is 0 Å². The van der Waals surface area contributed by atoms with Gasteiger partial charge in [0, 0.05) is 25.2 Å². The van der Waals surface area contributed by atoms with Gasteiger partial charge in [-0.1, -0.05) is 38.0 Å². The first-order valence-electron chi connectivity index (χ1n) is 7.36. The van der Waals surface area contributed by atoms with E-state index in [0.29, 0.717) is 5.92 Å². The van der Waals surface area contributed by atoms with E-state index in [1.807, 2.05) is 0 Å². The number of benzene rings is 1. The fourth-order valence-corrected chi connectivity index (χ4v) is 3.21. The summed E-state index contributed by atoms with van der Waals surface area (Å²) in [7, 11) is 2.12. The van der Waals surface area contributed by atoms with Crippen molar-refractivity contribution in [2.24, 2.45) is 11.3 Å². The molecular formula is C17H27NO. The van der Waals surface area contributed by atoms with Gasteiger partial charge in [-0.3, -0.25) is 0 Å². The second kappa shape index (κ2) is 5.54. The highest BCUT2D eigenvalue weighted by atomic mass is 16.3. The smallest absolute Gasteiger partial charge is 0.0636 e. The molecule has 2 nitrogen and oxygen atoms in total. The molecule has 0 amide bonds. The summed E-state index contributed by atoms with van der Waals surface area (Å²) < 4.78 is 0. The summed E-state index contributed by atoms with van der Waals surface area (Å²) in [6, 6.07) is 8.62. The molecule has 19 heavy (non-hydrogen) atoms. The molecule has 1 aliphatic carbocycles. The number of nitrogens with zero attached hydrogens (tertiary/aromatic N) is 1. The van der Waals surface area contributed by atoms with Crippen LogP contribution < -0.4 is 4.90 Å². The first kappa shape index (κ1) is 14.4. The van der Waals surface area contributed by atoms with Crippen molar-refractivity contribution in [3.8, 4) is 0 Å². The minimum absolute atomic E-state index is 0.0665. The molecule has 2 atom stereocenters. The Balaban J connectivity index is 2.02. The topological polar surface area (TPSA) is 23.5 Å². The third-order valence-corrected chi connectivity index (χ3v) is 4.63. The van der Waals surface area contributed by atoms with Crippen LogP contribution in [0.4, 0.5) is 5.69 Å². The number of aliphatic hydroxyl groups excluding tert-OH is 1. The number of aryl methyl sites for hydroxylation is 1. The Morgan fingerprint density at radius 2 is 1.89 bits per heavy atom. The fourth-order valence-electron chi connectivity index (χ4n) is 3.21. The maximum absolute atomic E-state index is 10.5. The Bertz CT molecular complexity index is 410. The monoisotopic (exact) mass is 261 g/mol. The Labute approximate surface area is 117 Å². The summed E-state index contributed by atoms with van der Waals surface area (Å²) in [6.45, 7) is 7.43. The Morgan fingerprint density at radius 1 is 1.26 bits per heavy atom. The van der Waals surface area contributed by atoms with E-state index in [0.717, 1.165) is 19.4 Å². The molecule has 0 bridgehead atoms. The van der Waals surface area contributed by atoms with Gasteiger partial charge in [-0.25, -0.2) is 0 Å². The average Bonchev–Trinajstić information content (AvgIpc) is 2.35. The zero-order chi connectivity index (χ0) is 14.0. The van der Waals surface area contributed by atoms with Crippen LogP contribution in [0.2, 0.25) is 0 Å². The molecule has 2 unspecified atom stereocenters. The molecule has 1 aromatic carbocycles. The summed E-state index contributed by atoms with van der Waals surface area (Å²) in [5, 5.41) is 10.5. The van der Waals surface area contributed by atoms with Crippen molar-refractivity contribution in [1.29, 1.82) is 0 Å². The number of rotatable bonds is 3. The standard InChI is InChI=1S/C17H27NO/c1-13-7-9-15(10-8-13)18(4)12-14-6-5-11-17(2,3)16(14)19/h7-10,14,16,19H,5-6,11-12H2,1-4H3. The zero-order valence-electron chi connectivity index (χ0n) is 12.7. The van der Waals surface area contributed by atoms with Crippen LogP contribution >= 0.6 is 0 Å². The number of hydrogen-bond donors (Lipinski definition) is 1. The van der Waals surface area contributed by atoms with Gasteiger partial charge in [0.25, 0.3) is 0 Å². The lowest BCUT2D eigenvalue weighted by Gasteiger charge is -2.42. The predicted octanol–water partition coefficient (Wildman–Crippen LogP) is 3.62. The molecule has 1 aromatic rings. The van der Waals surface area contributed by atoms with Gasteiger partial charge >= 0.3 is 0 Å². The van der Waals surface area contributed by atoms with E-state index >= 15 is 0 Å². The van der Waals surface area contributed by atoms with Crippen LogP contribution in [0.5, 0.6) is 0 Å². The molecule has 1 fully saturated rings. The molecule has 0 aromatic heterocycles. The van der Waals surface area contributed by atoms with Crippen molar-refractivity contribution in [2.75, 3.05) is 18.5 Å². The van der Waals surface area contributed by atoms with Gasteiger partial charge < -0.3 is 10.0 Å². The third-order valence-electron chi connectivity index (χ3n) is 4.63. The fraction of sp³-hybridized carbons (Fsp3) is 0.647. The van der Waals surface area contributed by atoms with Gasteiger partial charge in [0.2, 0.25) is 0 Å². The summed E-state index contributed by atoms with van der Waals surface area (Å²) in [5.74, 6) is 0.384. The van der Waals surface area contributed by atoms with Crippen LogP contribution in [0, 0.1) is 18.3 Å². The van der Waals surface area contributed by atoms with Crippen molar-refractivity contribution in [3.05, 3.63) is 29.8 Å². The Morgan fingerprint density at radius 3 is 2.53 bits per heavy atom. The SMILES string of the molecule is Cc1ccc(N(C)CC2CCCC(C)(C)C2O)cc1. The van der Waals surface area contributed by atoms with Crippen LogP contribution in [-0.2, 0) is 0 Å². The molecule has 2 rings (SSSR count).